The topological polar surface area (TPSA) is 78.7 Å². The molecule has 8 nitrogen and oxygen atoms in total. The summed E-state index contributed by atoms with van der Waals surface area (Å²) in [7, 11) is 8.30. The number of H-pyrrole nitrogens is 4. The Morgan fingerprint density at radius 1 is 0.324 bits per heavy atom. The highest BCUT2D eigenvalue weighted by molar-refractivity contribution is 5.87. The minimum Gasteiger partial charge on any atom is -1.00 e. The summed E-state index contributed by atoms with van der Waals surface area (Å²) in [6.07, 6.45) is 17.1. The summed E-state index contributed by atoms with van der Waals surface area (Å²) in [5, 5.41) is 4.04. The summed E-state index contributed by atoms with van der Waals surface area (Å²) in [5.41, 5.74) is 20.4. The number of nitrogens with one attached hydrogen (secondary N) is 4. The second-order valence-corrected chi connectivity index (χ2v) is 18.8. The number of aromatic nitrogens is 8. The maximum Gasteiger partial charge on any atom is 0.176 e. The molecule has 1 aliphatic heterocycles. The summed E-state index contributed by atoms with van der Waals surface area (Å²) in [6.45, 7) is 4.70. The molecular formula is C59H52Cl4N8. The maximum absolute atomic E-state index is 3.98. The zero-order valence-electron chi connectivity index (χ0n) is 40.1. The highest BCUT2D eigenvalue weighted by atomic mass is 35.5. The molecule has 0 saturated carbocycles. The molecule has 2 aromatic carbocycles. The number of nitrogens with zero attached hydrogens (tertiary/aromatic N) is 4. The maximum atomic E-state index is 3.98. The molecule has 0 unspecified atom stereocenters. The van der Waals surface area contributed by atoms with Crippen LogP contribution < -0.4 is 89.3 Å². The van der Waals surface area contributed by atoms with Gasteiger partial charge in [-0.1, -0.05) is 50.2 Å². The Labute approximate surface area is 437 Å². The first kappa shape index (κ1) is 50.2. The number of rotatable bonds is 5. The van der Waals surface area contributed by atoms with Gasteiger partial charge in [0.15, 0.2) is 49.6 Å². The van der Waals surface area contributed by atoms with Crippen LogP contribution in [0.3, 0.4) is 0 Å². The average molecular weight is 1010 g/mol. The Hall–Kier alpha value is -7.20. The number of fused-ring (bicyclic) bond motifs is 11. The van der Waals surface area contributed by atoms with Crippen LogP contribution in [0.5, 0.6) is 0 Å². The lowest BCUT2D eigenvalue weighted by Crippen LogP contribution is -3.00. The summed E-state index contributed by atoms with van der Waals surface area (Å²) in [6, 6.07) is 49.1. The number of aromatic amines is 4. The van der Waals surface area contributed by atoms with Crippen molar-refractivity contribution in [3.05, 3.63) is 261 Å². The number of pyridine rings is 4. The van der Waals surface area contributed by atoms with Gasteiger partial charge < -0.3 is 69.6 Å². The third-order valence-corrected chi connectivity index (χ3v) is 13.9. The lowest BCUT2D eigenvalue weighted by Gasteiger charge is -2.21. The van der Waals surface area contributed by atoms with Crippen molar-refractivity contribution in [2.75, 3.05) is 0 Å². The van der Waals surface area contributed by atoms with Crippen LogP contribution in [-0.2, 0) is 33.6 Å². The van der Waals surface area contributed by atoms with Crippen LogP contribution >= 0.6 is 0 Å². The summed E-state index contributed by atoms with van der Waals surface area (Å²) >= 11 is 0. The molecule has 8 bridgehead atoms. The van der Waals surface area contributed by atoms with Gasteiger partial charge in [-0.2, -0.15) is 0 Å². The Balaban J connectivity index is 0.00000169. The summed E-state index contributed by atoms with van der Waals surface area (Å²) < 4.78 is 8.42. The minimum absolute atomic E-state index is 0. The quantitative estimate of drug-likeness (QED) is 0.124. The van der Waals surface area contributed by atoms with Crippen LogP contribution in [0.15, 0.2) is 183 Å². The van der Waals surface area contributed by atoms with Gasteiger partial charge in [-0.25, -0.2) is 18.3 Å². The van der Waals surface area contributed by atoms with E-state index >= 15 is 0 Å². The average Bonchev–Trinajstić information content (AvgIpc) is 4.20. The van der Waals surface area contributed by atoms with Gasteiger partial charge in [-0.05, 0) is 105 Å². The molecular weight excluding hydrogens is 963 g/mol. The Kier molecular flexibility index (Phi) is 13.8. The van der Waals surface area contributed by atoms with E-state index in [2.05, 4.69) is 263 Å². The normalized spacial score (nSPS) is 13.0. The van der Waals surface area contributed by atoms with Crippen LogP contribution in [-0.4, -0.2) is 19.9 Å². The van der Waals surface area contributed by atoms with Gasteiger partial charge in [-0.15, -0.1) is 0 Å². The molecule has 0 spiro atoms. The molecule has 12 heteroatoms. The molecule has 0 fully saturated rings. The lowest BCUT2D eigenvalue weighted by molar-refractivity contribution is -0.671. The van der Waals surface area contributed by atoms with E-state index in [-0.39, 0.29) is 55.0 Å². The van der Waals surface area contributed by atoms with Crippen LogP contribution in [0, 0.1) is 0 Å². The number of hydrogen-bond acceptors (Lipinski definition) is 0. The Morgan fingerprint density at radius 2 is 0.704 bits per heavy atom. The van der Waals surface area contributed by atoms with Crippen molar-refractivity contribution < 1.29 is 67.9 Å². The van der Waals surface area contributed by atoms with E-state index in [9.17, 15) is 0 Å². The molecule has 0 amide bonds. The van der Waals surface area contributed by atoms with Gasteiger partial charge in [0, 0.05) is 114 Å². The zero-order chi connectivity index (χ0) is 45.6. The molecule has 12 rings (SSSR count). The molecule has 10 aromatic rings. The number of halogens is 4. The predicted molar refractivity (Wildman–Crippen MR) is 262 cm³/mol. The SMILES string of the molecule is C[n+]1ccc(C2=c3ccc([nH]3)=C(c3cc[n+](C)cc3)c3ccc([nH]3)C(c3cc(-c4ccc5c(c4)C(C)(C)c4ccccc4-5)c[n+](C)c3)=c3ccc([nH]3)=C(c3cc[n+](C)cc3)c3ccc2[nH]3)cc1.[Cl-].[Cl-].[Cl-].[Cl-]. The summed E-state index contributed by atoms with van der Waals surface area (Å²) in [4.78, 5) is 15.8. The Bertz CT molecular complexity index is 3880. The first-order valence-electron chi connectivity index (χ1n) is 22.9. The largest absolute Gasteiger partial charge is 1.00 e. The fraction of sp³-hybridized carbons (Fsp3) is 0.119. The first-order valence-corrected chi connectivity index (χ1v) is 22.9. The fourth-order valence-corrected chi connectivity index (χ4v) is 10.5. The lowest BCUT2D eigenvalue weighted by atomic mass is 9.81. The van der Waals surface area contributed by atoms with E-state index in [1.54, 1.807) is 0 Å². The van der Waals surface area contributed by atoms with Crippen molar-refractivity contribution in [3.63, 3.8) is 0 Å². The third-order valence-electron chi connectivity index (χ3n) is 13.9. The van der Waals surface area contributed by atoms with Crippen molar-refractivity contribution in [3.8, 4) is 22.3 Å². The molecule has 0 atom stereocenters. The minimum atomic E-state index is -0.102. The molecule has 0 radical (unpaired) electrons. The molecule has 8 aromatic heterocycles. The predicted octanol–water partition coefficient (Wildman–Crippen LogP) is -6.41. The van der Waals surface area contributed by atoms with Gasteiger partial charge in [0.2, 0.25) is 0 Å². The molecule has 356 valence electrons. The van der Waals surface area contributed by atoms with E-state index in [0.29, 0.717) is 0 Å². The van der Waals surface area contributed by atoms with Gasteiger partial charge in [0.05, 0.1) is 5.56 Å². The highest BCUT2D eigenvalue weighted by Gasteiger charge is 2.35. The Morgan fingerprint density at radius 3 is 1.14 bits per heavy atom. The number of hydrogen-bond donors (Lipinski definition) is 4. The van der Waals surface area contributed by atoms with Crippen molar-refractivity contribution in [1.29, 1.82) is 0 Å². The molecule has 2 aliphatic rings. The third kappa shape index (κ3) is 8.76. The standard InChI is InChI=1S/C59H50N8.4ClH/c1-59(2)45-10-8-7-9-43(45)44-12-11-40(34-46(44)59)41-33-42(36-67(6)35-41)58-53-19-17-51(62-53)56(38-23-29-65(4)30-24-38)49-15-13-47(60-49)55(37-21-27-64(3)28-22-37)48-14-16-50(61-48)57(52-18-20-54(58)63-52)39-25-31-66(5)32-26-39;;;;/h7-36H,1-6H3,(H2,60,61,62,63);4*1H/q+2;;;;/p-2. The molecule has 71 heavy (non-hydrogen) atoms. The second-order valence-electron chi connectivity index (χ2n) is 18.8. The van der Waals surface area contributed by atoms with Crippen molar-refractivity contribution in [2.45, 2.75) is 19.3 Å². The van der Waals surface area contributed by atoms with Gasteiger partial charge in [0.1, 0.15) is 28.2 Å². The number of aryl methyl sites for hydroxylation is 4. The van der Waals surface area contributed by atoms with E-state index in [4.69, 9.17) is 0 Å². The molecule has 1 aliphatic carbocycles. The molecule has 4 N–H and O–H groups in total. The number of benzene rings is 2. The van der Waals surface area contributed by atoms with Crippen molar-refractivity contribution in [2.24, 2.45) is 28.2 Å². The zero-order valence-corrected chi connectivity index (χ0v) is 43.1. The molecule has 0 saturated heterocycles. The van der Waals surface area contributed by atoms with E-state index in [1.807, 2.05) is 0 Å². The van der Waals surface area contributed by atoms with Crippen molar-refractivity contribution in [1.82, 2.24) is 19.9 Å². The van der Waals surface area contributed by atoms with Gasteiger partial charge >= 0.3 is 0 Å². The van der Waals surface area contributed by atoms with E-state index in [0.717, 1.165) is 94.3 Å². The van der Waals surface area contributed by atoms with E-state index in [1.165, 1.54) is 27.8 Å². The van der Waals surface area contributed by atoms with Crippen LogP contribution in [0.25, 0.3) is 44.5 Å². The highest BCUT2D eigenvalue weighted by Crippen LogP contribution is 2.49. The van der Waals surface area contributed by atoms with Crippen LogP contribution in [0.4, 0.5) is 0 Å². The monoisotopic (exact) mass is 1010 g/mol. The van der Waals surface area contributed by atoms with Gasteiger partial charge in [0.25, 0.3) is 0 Å². The second kappa shape index (κ2) is 19.5. The molecule has 9 heterocycles. The van der Waals surface area contributed by atoms with Gasteiger partial charge in [-0.3, -0.25) is 0 Å². The smallest absolute Gasteiger partial charge is 0.176 e. The summed E-state index contributed by atoms with van der Waals surface area (Å²) in [5.74, 6) is 0. The van der Waals surface area contributed by atoms with Crippen LogP contribution in [0.2, 0.25) is 0 Å². The van der Waals surface area contributed by atoms with Crippen molar-refractivity contribution >= 4 is 22.3 Å². The fourth-order valence-electron chi connectivity index (χ4n) is 10.5. The van der Waals surface area contributed by atoms with Crippen LogP contribution in [0.1, 0.15) is 70.0 Å². The first-order chi connectivity index (χ1) is 32.6. The van der Waals surface area contributed by atoms with E-state index < -0.39 is 0 Å².